The van der Waals surface area contributed by atoms with Crippen molar-refractivity contribution in [1.82, 2.24) is 15.6 Å². The van der Waals surface area contributed by atoms with Crippen LogP contribution in [0.5, 0.6) is 0 Å². The van der Waals surface area contributed by atoms with Gasteiger partial charge in [-0.1, -0.05) is 37.3 Å². The minimum absolute atomic E-state index is 0.488. The van der Waals surface area contributed by atoms with E-state index in [-0.39, 0.29) is 0 Å². The standard InChI is InChI=1S/C18H26N4S/c1-5-15(16-9-7-6-8-10-16)11-20-18(19-4)21-12-17-13(2)22-14(3)23-17/h6-10,15H,5,11-12H2,1-4H3,(H2,19,20,21). The van der Waals surface area contributed by atoms with Crippen LogP contribution in [0, 0.1) is 13.8 Å². The van der Waals surface area contributed by atoms with Crippen molar-refractivity contribution < 1.29 is 0 Å². The van der Waals surface area contributed by atoms with Gasteiger partial charge in [-0.2, -0.15) is 0 Å². The molecule has 1 heterocycles. The number of rotatable bonds is 6. The Kier molecular flexibility index (Phi) is 6.59. The molecule has 0 aliphatic rings. The molecule has 0 fully saturated rings. The average molecular weight is 331 g/mol. The van der Waals surface area contributed by atoms with Crippen molar-refractivity contribution in [2.24, 2.45) is 4.99 Å². The maximum Gasteiger partial charge on any atom is 0.191 e. The van der Waals surface area contributed by atoms with Crippen LogP contribution in [0.1, 0.15) is 40.4 Å². The number of nitrogens with zero attached hydrogens (tertiary/aromatic N) is 2. The van der Waals surface area contributed by atoms with Gasteiger partial charge in [-0.3, -0.25) is 4.99 Å². The molecule has 0 amide bonds. The van der Waals surface area contributed by atoms with Crippen molar-refractivity contribution in [1.29, 1.82) is 0 Å². The molecule has 5 heteroatoms. The van der Waals surface area contributed by atoms with Crippen LogP contribution in [-0.2, 0) is 6.54 Å². The van der Waals surface area contributed by atoms with E-state index in [2.05, 4.69) is 64.8 Å². The Bertz CT molecular complexity index is 634. The van der Waals surface area contributed by atoms with Crippen molar-refractivity contribution in [2.45, 2.75) is 39.7 Å². The molecule has 2 rings (SSSR count). The van der Waals surface area contributed by atoms with Crippen LogP contribution < -0.4 is 10.6 Å². The van der Waals surface area contributed by atoms with Gasteiger partial charge in [0, 0.05) is 24.4 Å². The minimum Gasteiger partial charge on any atom is -0.356 e. The zero-order valence-corrected chi connectivity index (χ0v) is 15.2. The maximum atomic E-state index is 4.46. The van der Waals surface area contributed by atoms with E-state index < -0.39 is 0 Å². The van der Waals surface area contributed by atoms with Crippen LogP contribution in [0.25, 0.3) is 0 Å². The van der Waals surface area contributed by atoms with Crippen LogP contribution in [0.15, 0.2) is 35.3 Å². The molecule has 124 valence electrons. The Morgan fingerprint density at radius 1 is 1.22 bits per heavy atom. The van der Waals surface area contributed by atoms with E-state index in [0.29, 0.717) is 5.92 Å². The molecule has 1 atom stereocenters. The number of aryl methyl sites for hydroxylation is 2. The molecular formula is C18H26N4S. The molecular weight excluding hydrogens is 304 g/mol. The lowest BCUT2D eigenvalue weighted by Gasteiger charge is -2.18. The van der Waals surface area contributed by atoms with Gasteiger partial charge in [0.1, 0.15) is 0 Å². The quantitative estimate of drug-likeness (QED) is 0.628. The summed E-state index contributed by atoms with van der Waals surface area (Å²) in [5, 5.41) is 7.93. The molecule has 1 aromatic carbocycles. The summed E-state index contributed by atoms with van der Waals surface area (Å²) in [4.78, 5) is 10.0. The van der Waals surface area contributed by atoms with E-state index in [1.807, 2.05) is 14.0 Å². The molecule has 0 bridgehead atoms. The maximum absolute atomic E-state index is 4.46. The SMILES string of the molecule is CCC(CNC(=NC)NCc1sc(C)nc1C)c1ccccc1. The van der Waals surface area contributed by atoms with E-state index >= 15 is 0 Å². The number of benzene rings is 1. The third kappa shape index (κ3) is 5.06. The van der Waals surface area contributed by atoms with E-state index in [9.17, 15) is 0 Å². The van der Waals surface area contributed by atoms with Crippen LogP contribution in [0.2, 0.25) is 0 Å². The highest BCUT2D eigenvalue weighted by molar-refractivity contribution is 7.11. The van der Waals surface area contributed by atoms with Crippen molar-refractivity contribution in [3.63, 3.8) is 0 Å². The second-order valence-corrected chi connectivity index (χ2v) is 6.85. The molecule has 0 spiro atoms. The molecule has 0 aliphatic heterocycles. The largest absolute Gasteiger partial charge is 0.356 e. The van der Waals surface area contributed by atoms with E-state index in [4.69, 9.17) is 0 Å². The number of thiazole rings is 1. The highest BCUT2D eigenvalue weighted by atomic mass is 32.1. The summed E-state index contributed by atoms with van der Waals surface area (Å²) in [5.74, 6) is 1.33. The highest BCUT2D eigenvalue weighted by Gasteiger charge is 2.10. The van der Waals surface area contributed by atoms with Gasteiger partial charge < -0.3 is 10.6 Å². The molecule has 23 heavy (non-hydrogen) atoms. The predicted molar refractivity (Wildman–Crippen MR) is 99.3 cm³/mol. The van der Waals surface area contributed by atoms with Crippen molar-refractivity contribution >= 4 is 17.3 Å². The lowest BCUT2D eigenvalue weighted by atomic mass is 9.97. The lowest BCUT2D eigenvalue weighted by molar-refractivity contribution is 0.630. The summed E-state index contributed by atoms with van der Waals surface area (Å²) in [5.41, 5.74) is 2.47. The van der Waals surface area contributed by atoms with Gasteiger partial charge in [0.2, 0.25) is 0 Å². The third-order valence-corrected chi connectivity index (χ3v) is 4.99. The average Bonchev–Trinajstić information content (AvgIpc) is 2.89. The molecule has 2 aromatic rings. The number of nitrogens with one attached hydrogen (secondary N) is 2. The number of hydrogen-bond acceptors (Lipinski definition) is 3. The van der Waals surface area contributed by atoms with Gasteiger partial charge in [-0.15, -0.1) is 11.3 Å². The Balaban J connectivity index is 1.88. The first-order valence-electron chi connectivity index (χ1n) is 8.06. The summed E-state index contributed by atoms with van der Waals surface area (Å²) in [6, 6.07) is 10.6. The molecule has 0 saturated carbocycles. The first-order valence-corrected chi connectivity index (χ1v) is 8.88. The van der Waals surface area contributed by atoms with Crippen molar-refractivity contribution in [2.75, 3.05) is 13.6 Å². The lowest BCUT2D eigenvalue weighted by Crippen LogP contribution is -2.38. The summed E-state index contributed by atoms with van der Waals surface area (Å²) in [6.45, 7) is 7.96. The molecule has 2 N–H and O–H groups in total. The van der Waals surface area contributed by atoms with Gasteiger partial charge in [0.15, 0.2) is 5.96 Å². The second-order valence-electron chi connectivity index (χ2n) is 5.56. The summed E-state index contributed by atoms with van der Waals surface area (Å²) in [7, 11) is 1.81. The van der Waals surface area contributed by atoms with E-state index in [1.54, 1.807) is 11.3 Å². The number of hydrogen-bond donors (Lipinski definition) is 2. The van der Waals surface area contributed by atoms with Crippen LogP contribution >= 0.6 is 11.3 Å². The topological polar surface area (TPSA) is 49.3 Å². The third-order valence-electron chi connectivity index (χ3n) is 3.92. The fourth-order valence-corrected chi connectivity index (χ4v) is 3.44. The van der Waals surface area contributed by atoms with Gasteiger partial charge in [-0.25, -0.2) is 4.98 Å². The van der Waals surface area contributed by atoms with Gasteiger partial charge in [-0.05, 0) is 25.8 Å². The molecule has 0 saturated heterocycles. The van der Waals surface area contributed by atoms with E-state index in [0.717, 1.165) is 36.2 Å². The number of aromatic nitrogens is 1. The number of guanidine groups is 1. The molecule has 1 aromatic heterocycles. The smallest absolute Gasteiger partial charge is 0.191 e. The molecule has 1 unspecified atom stereocenters. The van der Waals surface area contributed by atoms with Crippen LogP contribution in [0.3, 0.4) is 0 Å². The van der Waals surface area contributed by atoms with Crippen molar-refractivity contribution in [3.05, 3.63) is 51.5 Å². The normalized spacial score (nSPS) is 13.0. The predicted octanol–water partition coefficient (Wildman–Crippen LogP) is 3.62. The Labute approximate surface area is 143 Å². The summed E-state index contributed by atoms with van der Waals surface area (Å²) < 4.78 is 0. The summed E-state index contributed by atoms with van der Waals surface area (Å²) >= 11 is 1.74. The van der Waals surface area contributed by atoms with Crippen molar-refractivity contribution in [3.8, 4) is 0 Å². The summed E-state index contributed by atoms with van der Waals surface area (Å²) in [6.07, 6.45) is 1.10. The molecule has 0 radical (unpaired) electrons. The van der Waals surface area contributed by atoms with Gasteiger partial charge in [0.25, 0.3) is 0 Å². The highest BCUT2D eigenvalue weighted by Crippen LogP contribution is 2.18. The molecule has 0 aliphatic carbocycles. The van der Waals surface area contributed by atoms with Gasteiger partial charge in [0.05, 0.1) is 17.2 Å². The zero-order chi connectivity index (χ0) is 16.7. The fourth-order valence-electron chi connectivity index (χ4n) is 2.57. The Hall–Kier alpha value is -1.88. The first kappa shape index (κ1) is 17.5. The van der Waals surface area contributed by atoms with Crippen LogP contribution in [-0.4, -0.2) is 24.5 Å². The Morgan fingerprint density at radius 2 is 1.96 bits per heavy atom. The van der Waals surface area contributed by atoms with E-state index in [1.165, 1.54) is 10.4 Å². The monoisotopic (exact) mass is 330 g/mol. The molecule has 4 nitrogen and oxygen atoms in total. The zero-order valence-electron chi connectivity index (χ0n) is 14.4. The van der Waals surface area contributed by atoms with Gasteiger partial charge >= 0.3 is 0 Å². The fraction of sp³-hybridized carbons (Fsp3) is 0.444. The number of aliphatic imine (C=N–C) groups is 1. The second kappa shape index (κ2) is 8.67. The van der Waals surface area contributed by atoms with Crippen LogP contribution in [0.4, 0.5) is 0 Å². The Morgan fingerprint density at radius 3 is 2.52 bits per heavy atom. The first-order chi connectivity index (χ1) is 11.1. The minimum atomic E-state index is 0.488.